The molecule has 4 rings (SSSR count). The Hall–Kier alpha value is -2.85. The normalized spacial score (nSPS) is 14.0. The van der Waals surface area contributed by atoms with Crippen molar-refractivity contribution in [1.29, 1.82) is 0 Å². The number of hydrogen-bond donors (Lipinski definition) is 1. The molecule has 2 amide bonds. The van der Waals surface area contributed by atoms with Gasteiger partial charge in [0.25, 0.3) is 5.91 Å². The summed E-state index contributed by atoms with van der Waals surface area (Å²) in [6, 6.07) is 14.0. The summed E-state index contributed by atoms with van der Waals surface area (Å²) in [5, 5.41) is 14.4. The zero-order valence-corrected chi connectivity index (χ0v) is 20.3. The van der Waals surface area contributed by atoms with Crippen LogP contribution in [-0.4, -0.2) is 71.5 Å². The van der Waals surface area contributed by atoms with Crippen LogP contribution in [0.2, 0.25) is 0 Å². The number of anilines is 1. The molecule has 8 nitrogen and oxygen atoms in total. The van der Waals surface area contributed by atoms with Crippen molar-refractivity contribution >= 4 is 50.8 Å². The number of thioether (sulfide) groups is 1. The maximum atomic E-state index is 12.6. The fourth-order valence-corrected chi connectivity index (χ4v) is 5.22. The third kappa shape index (κ3) is 6.35. The number of amides is 2. The van der Waals surface area contributed by atoms with Crippen LogP contribution in [0, 0.1) is 0 Å². The molecule has 3 aromatic rings. The summed E-state index contributed by atoms with van der Waals surface area (Å²) in [4.78, 5) is 28.4. The first kappa shape index (κ1) is 23.3. The molecule has 0 bridgehead atoms. The van der Waals surface area contributed by atoms with Gasteiger partial charge in [0, 0.05) is 32.2 Å². The standard InChI is InChI=1S/C23H27N5O3S2/c1-16(2)24-20(29)15-32-23-26-25-22(33-23)28-11-9-27(10-12-28)21(30)14-31-19-8-7-17-5-3-4-6-18(17)13-19/h3-8,13,16H,9-12,14-15H2,1-2H3,(H,24,29). The van der Waals surface area contributed by atoms with Crippen molar-refractivity contribution in [3.63, 3.8) is 0 Å². The lowest BCUT2D eigenvalue weighted by molar-refractivity contribution is -0.133. The number of carbonyl (C=O) groups is 2. The largest absolute Gasteiger partial charge is 0.484 e. The van der Waals surface area contributed by atoms with Gasteiger partial charge in [0.1, 0.15) is 5.75 Å². The number of aromatic nitrogens is 2. The van der Waals surface area contributed by atoms with Crippen molar-refractivity contribution in [2.75, 3.05) is 43.4 Å². The number of fused-ring (bicyclic) bond motifs is 1. The molecule has 1 aromatic heterocycles. The Labute approximate surface area is 201 Å². The minimum Gasteiger partial charge on any atom is -0.484 e. The van der Waals surface area contributed by atoms with Crippen LogP contribution in [0.15, 0.2) is 46.8 Å². The van der Waals surface area contributed by atoms with Crippen LogP contribution in [0.1, 0.15) is 13.8 Å². The molecular weight excluding hydrogens is 458 g/mol. The second kappa shape index (κ2) is 10.8. The third-order valence-corrected chi connectivity index (χ3v) is 7.28. The average Bonchev–Trinajstić information content (AvgIpc) is 3.30. The van der Waals surface area contributed by atoms with E-state index in [9.17, 15) is 9.59 Å². The highest BCUT2D eigenvalue weighted by Crippen LogP contribution is 2.28. The van der Waals surface area contributed by atoms with Gasteiger partial charge in [0.05, 0.1) is 5.75 Å². The first-order valence-corrected chi connectivity index (χ1v) is 12.7. The monoisotopic (exact) mass is 485 g/mol. The number of benzene rings is 2. The predicted molar refractivity (Wildman–Crippen MR) is 132 cm³/mol. The highest BCUT2D eigenvalue weighted by atomic mass is 32.2. The number of hydrogen-bond acceptors (Lipinski definition) is 8. The minimum atomic E-state index is -0.0209. The summed E-state index contributed by atoms with van der Waals surface area (Å²) in [7, 11) is 0. The van der Waals surface area contributed by atoms with E-state index in [0.717, 1.165) is 20.2 Å². The number of piperazine rings is 1. The van der Waals surface area contributed by atoms with Crippen LogP contribution in [0.25, 0.3) is 10.8 Å². The molecule has 0 unspecified atom stereocenters. The Kier molecular flexibility index (Phi) is 7.66. The maximum absolute atomic E-state index is 12.6. The second-order valence-corrected chi connectivity index (χ2v) is 10.2. The number of rotatable bonds is 8. The number of nitrogens with one attached hydrogen (secondary N) is 1. The molecule has 33 heavy (non-hydrogen) atoms. The van der Waals surface area contributed by atoms with Crippen molar-refractivity contribution in [2.24, 2.45) is 0 Å². The lowest BCUT2D eigenvalue weighted by Crippen LogP contribution is -2.50. The Balaban J connectivity index is 1.22. The summed E-state index contributed by atoms with van der Waals surface area (Å²) in [5.74, 6) is 0.991. The first-order chi connectivity index (χ1) is 16.0. The van der Waals surface area contributed by atoms with Gasteiger partial charge in [-0.1, -0.05) is 53.4 Å². The van der Waals surface area contributed by atoms with Gasteiger partial charge in [-0.05, 0) is 36.8 Å². The zero-order chi connectivity index (χ0) is 23.2. The summed E-state index contributed by atoms with van der Waals surface area (Å²) in [5.41, 5.74) is 0. The topological polar surface area (TPSA) is 87.7 Å². The van der Waals surface area contributed by atoms with Gasteiger partial charge in [-0.3, -0.25) is 9.59 Å². The lowest BCUT2D eigenvalue weighted by Gasteiger charge is -2.34. The number of carbonyl (C=O) groups excluding carboxylic acids is 2. The molecule has 2 aromatic carbocycles. The van der Waals surface area contributed by atoms with E-state index in [1.807, 2.05) is 61.2 Å². The van der Waals surface area contributed by atoms with Crippen LogP contribution < -0.4 is 15.0 Å². The Morgan fingerprint density at radius 3 is 2.61 bits per heavy atom. The number of ether oxygens (including phenoxy) is 1. The van der Waals surface area contributed by atoms with Crippen molar-refractivity contribution in [2.45, 2.75) is 24.2 Å². The molecule has 1 aliphatic rings. The summed E-state index contributed by atoms with van der Waals surface area (Å²) >= 11 is 2.87. The van der Waals surface area contributed by atoms with Crippen molar-refractivity contribution in [3.8, 4) is 5.75 Å². The summed E-state index contributed by atoms with van der Waals surface area (Å²) in [6.45, 7) is 6.49. The van der Waals surface area contributed by atoms with E-state index in [1.165, 1.54) is 23.1 Å². The zero-order valence-electron chi connectivity index (χ0n) is 18.7. The predicted octanol–water partition coefficient (Wildman–Crippen LogP) is 3.04. The van der Waals surface area contributed by atoms with E-state index < -0.39 is 0 Å². The first-order valence-electron chi connectivity index (χ1n) is 10.9. The molecule has 0 saturated carbocycles. The minimum absolute atomic E-state index is 0.00946. The highest BCUT2D eigenvalue weighted by molar-refractivity contribution is 8.01. The molecule has 2 heterocycles. The van der Waals surface area contributed by atoms with Crippen LogP contribution in [0.5, 0.6) is 5.75 Å². The van der Waals surface area contributed by atoms with Gasteiger partial charge < -0.3 is 19.9 Å². The SMILES string of the molecule is CC(C)NC(=O)CSc1nnc(N2CCN(C(=O)COc3ccc4ccccc4c3)CC2)s1. The van der Waals surface area contributed by atoms with Gasteiger partial charge in [0.2, 0.25) is 11.0 Å². The lowest BCUT2D eigenvalue weighted by atomic mass is 10.1. The van der Waals surface area contributed by atoms with Crippen LogP contribution in [0.4, 0.5) is 5.13 Å². The van der Waals surface area contributed by atoms with E-state index in [0.29, 0.717) is 37.7 Å². The molecule has 0 radical (unpaired) electrons. The molecule has 1 saturated heterocycles. The Bertz CT molecular complexity index is 1110. The van der Waals surface area contributed by atoms with Crippen molar-refractivity contribution < 1.29 is 14.3 Å². The van der Waals surface area contributed by atoms with Crippen LogP contribution in [-0.2, 0) is 9.59 Å². The van der Waals surface area contributed by atoms with E-state index >= 15 is 0 Å². The van der Waals surface area contributed by atoms with Gasteiger partial charge in [0.15, 0.2) is 10.9 Å². The Morgan fingerprint density at radius 1 is 1.09 bits per heavy atom. The van der Waals surface area contributed by atoms with Gasteiger partial charge in [-0.25, -0.2) is 0 Å². The fraction of sp³-hybridized carbons (Fsp3) is 0.391. The average molecular weight is 486 g/mol. The maximum Gasteiger partial charge on any atom is 0.260 e. The van der Waals surface area contributed by atoms with Gasteiger partial charge >= 0.3 is 0 Å². The van der Waals surface area contributed by atoms with E-state index in [2.05, 4.69) is 20.4 Å². The smallest absolute Gasteiger partial charge is 0.260 e. The van der Waals surface area contributed by atoms with Crippen LogP contribution >= 0.6 is 23.1 Å². The number of nitrogens with zero attached hydrogens (tertiary/aromatic N) is 4. The fourth-order valence-electron chi connectivity index (χ4n) is 3.52. The van der Waals surface area contributed by atoms with E-state index in [4.69, 9.17) is 4.74 Å². The Morgan fingerprint density at radius 2 is 1.85 bits per heavy atom. The molecule has 0 aliphatic carbocycles. The summed E-state index contributed by atoms with van der Waals surface area (Å²) in [6.07, 6.45) is 0. The van der Waals surface area contributed by atoms with E-state index in [1.54, 1.807) is 0 Å². The van der Waals surface area contributed by atoms with E-state index in [-0.39, 0.29) is 24.5 Å². The molecule has 10 heteroatoms. The van der Waals surface area contributed by atoms with Crippen molar-refractivity contribution in [1.82, 2.24) is 20.4 Å². The second-order valence-electron chi connectivity index (χ2n) is 8.03. The highest BCUT2D eigenvalue weighted by Gasteiger charge is 2.24. The van der Waals surface area contributed by atoms with Gasteiger partial charge in [-0.15, -0.1) is 10.2 Å². The molecule has 0 spiro atoms. The molecule has 1 fully saturated rings. The molecular formula is C23H27N5O3S2. The quantitative estimate of drug-likeness (QED) is 0.491. The third-order valence-electron chi connectivity index (χ3n) is 5.16. The molecule has 1 aliphatic heterocycles. The van der Waals surface area contributed by atoms with Crippen molar-refractivity contribution in [3.05, 3.63) is 42.5 Å². The van der Waals surface area contributed by atoms with Gasteiger partial charge in [-0.2, -0.15) is 0 Å². The molecule has 0 atom stereocenters. The van der Waals surface area contributed by atoms with Crippen LogP contribution in [0.3, 0.4) is 0 Å². The molecule has 174 valence electrons. The summed E-state index contributed by atoms with van der Waals surface area (Å²) < 4.78 is 6.52. The molecule has 1 N–H and O–H groups in total.